The highest BCUT2D eigenvalue weighted by Crippen LogP contribution is 2.08. The first kappa shape index (κ1) is 15.8. The topological polar surface area (TPSA) is 73.5 Å². The Morgan fingerprint density at radius 1 is 1.32 bits per heavy atom. The van der Waals surface area contributed by atoms with E-state index in [4.69, 9.17) is 15.2 Å². The molecule has 0 fully saturated rings. The number of nitrogens with two attached hydrogens (primary N) is 1. The van der Waals surface area contributed by atoms with Crippen molar-refractivity contribution in [3.05, 3.63) is 17.6 Å². The minimum absolute atomic E-state index is 0.269. The highest BCUT2D eigenvalue weighted by molar-refractivity contribution is 5.29. The van der Waals surface area contributed by atoms with Gasteiger partial charge in [0.15, 0.2) is 0 Å². The van der Waals surface area contributed by atoms with Gasteiger partial charge in [-0.1, -0.05) is 0 Å². The molecule has 0 spiro atoms. The smallest absolute Gasteiger partial charge is 0.144 e. The van der Waals surface area contributed by atoms with Gasteiger partial charge in [0.05, 0.1) is 19.8 Å². The molecule has 0 aliphatic carbocycles. The van der Waals surface area contributed by atoms with Gasteiger partial charge in [0, 0.05) is 38.6 Å². The van der Waals surface area contributed by atoms with Gasteiger partial charge >= 0.3 is 0 Å². The molecule has 1 atom stereocenters. The molecule has 19 heavy (non-hydrogen) atoms. The molecule has 0 radical (unpaired) electrons. The lowest BCUT2D eigenvalue weighted by atomic mass is 10.3. The molecule has 0 saturated heterocycles. The summed E-state index contributed by atoms with van der Waals surface area (Å²) in [6.07, 6.45) is 0. The average Bonchev–Trinajstić information content (AvgIpc) is 2.33. The molecule has 0 aromatic carbocycles. The number of nitrogens with zero attached hydrogens (tertiary/aromatic N) is 3. The average molecular weight is 268 g/mol. The molecular formula is C13H24N4O2. The normalized spacial score (nSPS) is 12.9. The third-order valence-electron chi connectivity index (χ3n) is 2.88. The summed E-state index contributed by atoms with van der Waals surface area (Å²) in [5, 5.41) is 0. The molecule has 0 aliphatic heterocycles. The van der Waals surface area contributed by atoms with Crippen molar-refractivity contribution in [2.75, 3.05) is 39.7 Å². The predicted molar refractivity (Wildman–Crippen MR) is 74.8 cm³/mol. The van der Waals surface area contributed by atoms with Gasteiger partial charge in [-0.05, 0) is 13.8 Å². The van der Waals surface area contributed by atoms with Crippen molar-refractivity contribution in [2.24, 2.45) is 0 Å². The summed E-state index contributed by atoms with van der Waals surface area (Å²) in [6, 6.07) is 2.03. The van der Waals surface area contributed by atoms with Crippen LogP contribution in [0.1, 0.15) is 18.4 Å². The Morgan fingerprint density at radius 2 is 2.05 bits per heavy atom. The van der Waals surface area contributed by atoms with Crippen molar-refractivity contribution >= 4 is 5.82 Å². The fourth-order valence-electron chi connectivity index (χ4n) is 1.92. The maximum absolute atomic E-state index is 5.75. The predicted octanol–water partition coefficient (Wildman–Crippen LogP) is 0.851. The molecule has 1 unspecified atom stereocenters. The van der Waals surface area contributed by atoms with Gasteiger partial charge in [-0.3, -0.25) is 4.90 Å². The summed E-state index contributed by atoms with van der Waals surface area (Å²) in [4.78, 5) is 10.9. The van der Waals surface area contributed by atoms with Gasteiger partial charge in [0.25, 0.3) is 0 Å². The fourth-order valence-corrected chi connectivity index (χ4v) is 1.92. The highest BCUT2D eigenvalue weighted by Gasteiger charge is 2.15. The van der Waals surface area contributed by atoms with Crippen LogP contribution in [0.25, 0.3) is 0 Å². The van der Waals surface area contributed by atoms with E-state index < -0.39 is 0 Å². The quantitative estimate of drug-likeness (QED) is 0.753. The highest BCUT2D eigenvalue weighted by atomic mass is 16.5. The van der Waals surface area contributed by atoms with Crippen LogP contribution in [0, 0.1) is 6.92 Å². The van der Waals surface area contributed by atoms with E-state index in [0.29, 0.717) is 25.6 Å². The third-order valence-corrected chi connectivity index (χ3v) is 2.88. The first-order valence-electron chi connectivity index (χ1n) is 6.38. The first-order chi connectivity index (χ1) is 9.06. The Kier molecular flexibility index (Phi) is 6.69. The lowest BCUT2D eigenvalue weighted by Gasteiger charge is -2.27. The molecular weight excluding hydrogens is 244 g/mol. The van der Waals surface area contributed by atoms with Crippen molar-refractivity contribution in [1.82, 2.24) is 14.9 Å². The van der Waals surface area contributed by atoms with E-state index in [1.807, 2.05) is 6.92 Å². The van der Waals surface area contributed by atoms with Crippen LogP contribution in [-0.4, -0.2) is 54.9 Å². The van der Waals surface area contributed by atoms with Crippen molar-refractivity contribution in [3.63, 3.8) is 0 Å². The van der Waals surface area contributed by atoms with Gasteiger partial charge in [0.1, 0.15) is 11.6 Å². The second kappa shape index (κ2) is 8.04. The summed E-state index contributed by atoms with van der Waals surface area (Å²) in [5.41, 5.74) is 6.63. The largest absolute Gasteiger partial charge is 0.384 e. The minimum atomic E-state index is 0.269. The van der Waals surface area contributed by atoms with E-state index in [2.05, 4.69) is 21.8 Å². The summed E-state index contributed by atoms with van der Waals surface area (Å²) in [5.74, 6) is 1.24. The first-order valence-corrected chi connectivity index (χ1v) is 6.38. The van der Waals surface area contributed by atoms with Crippen molar-refractivity contribution < 1.29 is 9.47 Å². The van der Waals surface area contributed by atoms with Crippen LogP contribution in [0.3, 0.4) is 0 Å². The van der Waals surface area contributed by atoms with Crippen LogP contribution in [0.5, 0.6) is 0 Å². The number of nitrogen functional groups attached to an aromatic ring is 1. The second-order valence-electron chi connectivity index (χ2n) is 4.62. The van der Waals surface area contributed by atoms with E-state index >= 15 is 0 Å². The van der Waals surface area contributed by atoms with Crippen LogP contribution in [0.15, 0.2) is 6.07 Å². The zero-order valence-electron chi connectivity index (χ0n) is 12.2. The van der Waals surface area contributed by atoms with E-state index in [1.54, 1.807) is 20.3 Å². The molecule has 0 bridgehead atoms. The molecule has 1 aromatic rings. The number of anilines is 1. The molecule has 108 valence electrons. The van der Waals surface area contributed by atoms with Gasteiger partial charge in [-0.15, -0.1) is 0 Å². The Hall–Kier alpha value is -1.24. The number of methoxy groups -OCH3 is 2. The lowest BCUT2D eigenvalue weighted by molar-refractivity contribution is 0.0689. The lowest BCUT2D eigenvalue weighted by Crippen LogP contribution is -2.38. The van der Waals surface area contributed by atoms with E-state index in [1.165, 1.54) is 0 Å². The van der Waals surface area contributed by atoms with Crippen molar-refractivity contribution in [3.8, 4) is 0 Å². The summed E-state index contributed by atoms with van der Waals surface area (Å²) < 4.78 is 10.3. The number of aromatic nitrogens is 2. The summed E-state index contributed by atoms with van der Waals surface area (Å²) in [7, 11) is 3.40. The zero-order chi connectivity index (χ0) is 14.3. The summed E-state index contributed by atoms with van der Waals surface area (Å²) in [6.45, 7) is 6.79. The molecule has 0 aliphatic rings. The van der Waals surface area contributed by atoms with Crippen LogP contribution in [0.4, 0.5) is 5.82 Å². The maximum Gasteiger partial charge on any atom is 0.144 e. The fraction of sp³-hybridized carbons (Fsp3) is 0.692. The molecule has 2 N–H and O–H groups in total. The van der Waals surface area contributed by atoms with Crippen LogP contribution >= 0.6 is 0 Å². The standard InChI is InChI=1S/C13H24N4O2/c1-10-7-12(14)16-13(15-10)8-17(5-6-18-3)11(2)9-19-4/h7,11H,5-6,8-9H2,1-4H3,(H2,14,15,16). The van der Waals surface area contributed by atoms with Gasteiger partial charge in [0.2, 0.25) is 0 Å². The molecule has 1 rings (SSSR count). The Bertz CT molecular complexity index is 367. The number of hydrogen-bond donors (Lipinski definition) is 1. The summed E-state index contributed by atoms with van der Waals surface area (Å²) >= 11 is 0. The molecule has 1 aromatic heterocycles. The van der Waals surface area contributed by atoms with Gasteiger partial charge < -0.3 is 15.2 Å². The number of ether oxygens (including phenoxy) is 2. The molecule has 0 amide bonds. The van der Waals surface area contributed by atoms with Gasteiger partial charge in [-0.2, -0.15) is 0 Å². The number of hydrogen-bond acceptors (Lipinski definition) is 6. The zero-order valence-corrected chi connectivity index (χ0v) is 12.2. The van der Waals surface area contributed by atoms with E-state index in [-0.39, 0.29) is 6.04 Å². The number of rotatable bonds is 8. The monoisotopic (exact) mass is 268 g/mol. The Balaban J connectivity index is 2.74. The van der Waals surface area contributed by atoms with E-state index in [9.17, 15) is 0 Å². The SMILES string of the molecule is COCCN(Cc1nc(C)cc(N)n1)C(C)COC. The Labute approximate surface area is 114 Å². The molecule has 1 heterocycles. The molecule has 6 nitrogen and oxygen atoms in total. The minimum Gasteiger partial charge on any atom is -0.384 e. The van der Waals surface area contributed by atoms with E-state index in [0.717, 1.165) is 18.1 Å². The van der Waals surface area contributed by atoms with Crippen LogP contribution < -0.4 is 5.73 Å². The molecule has 0 saturated carbocycles. The Morgan fingerprint density at radius 3 is 2.63 bits per heavy atom. The second-order valence-corrected chi connectivity index (χ2v) is 4.62. The van der Waals surface area contributed by atoms with Crippen molar-refractivity contribution in [2.45, 2.75) is 26.4 Å². The van der Waals surface area contributed by atoms with Crippen molar-refractivity contribution in [1.29, 1.82) is 0 Å². The van der Waals surface area contributed by atoms with Crippen LogP contribution in [0.2, 0.25) is 0 Å². The number of aryl methyl sites for hydroxylation is 1. The molecule has 6 heteroatoms. The third kappa shape index (κ3) is 5.50. The maximum atomic E-state index is 5.75. The van der Waals surface area contributed by atoms with Gasteiger partial charge in [-0.25, -0.2) is 9.97 Å². The van der Waals surface area contributed by atoms with Crippen LogP contribution in [-0.2, 0) is 16.0 Å².